The molecule has 3 aliphatic rings. The van der Waals surface area contributed by atoms with Crippen molar-refractivity contribution in [1.29, 1.82) is 0 Å². The molecule has 92 heavy (non-hydrogen) atoms. The fourth-order valence-corrected chi connectivity index (χ4v) is 11.0. The molecule has 7 aromatic carbocycles. The summed E-state index contributed by atoms with van der Waals surface area (Å²) in [4.78, 5) is 36.0. The Kier molecular flexibility index (Phi) is 24.7. The van der Waals surface area contributed by atoms with Crippen molar-refractivity contribution in [3.63, 3.8) is 0 Å². The highest BCUT2D eigenvalue weighted by molar-refractivity contribution is 5.89. The predicted octanol–water partition coefficient (Wildman–Crippen LogP) is 10.5. The lowest BCUT2D eigenvalue weighted by Gasteiger charge is -2.50. The van der Waals surface area contributed by atoms with E-state index < -0.39 is 104 Å². The van der Waals surface area contributed by atoms with Crippen LogP contribution in [0.4, 0.5) is 0 Å². The standard InChI is InChI=1S/C69H72N6O17/c1-79-52-35-33-50(34-36-52)42-83-57-53(43-81-37-45-21-9-3-10-22-45)88-68(56(73-75-71)60(57)85-40-48-27-15-6-16-28-48)91-62-61(86-41-49-29-17-7-18-30-49)64(89-65(76)51-31-19-8-20-32-51)69(92-63(62)67(78)80-2)90-58-54(44-82-38-46-23-11-4-12-24-46)87-66(77)55(72-74-70)59(58)84-39-47-25-13-5-14-26-47/h3-36,53-64,66,68-69,77H,37-44H2,1-2H3/t53?,54?,55?,56?,57-,58-,59+,60+,61-,62+,63?,64?,66+,68-,69+/m0/s1. The highest BCUT2D eigenvalue weighted by atomic mass is 16.8. The lowest BCUT2D eigenvalue weighted by molar-refractivity contribution is -0.367. The number of benzene rings is 7. The largest absolute Gasteiger partial charge is 0.497 e. The van der Waals surface area contributed by atoms with Gasteiger partial charge in [0.25, 0.3) is 0 Å². The Morgan fingerprint density at radius 3 is 1.34 bits per heavy atom. The molecule has 0 radical (unpaired) electrons. The van der Waals surface area contributed by atoms with Gasteiger partial charge in [-0.15, -0.1) is 0 Å². The molecular formula is C69H72N6O17. The van der Waals surface area contributed by atoms with E-state index in [1.165, 1.54) is 0 Å². The number of nitrogens with zero attached hydrogens (tertiary/aromatic N) is 6. The molecule has 3 heterocycles. The lowest BCUT2D eigenvalue weighted by atomic mass is 9.94. The average molecular weight is 1260 g/mol. The van der Waals surface area contributed by atoms with E-state index in [4.69, 9.17) is 66.3 Å². The van der Waals surface area contributed by atoms with Gasteiger partial charge in [0.15, 0.2) is 31.1 Å². The Bertz CT molecular complexity index is 3460. The molecule has 23 heteroatoms. The van der Waals surface area contributed by atoms with Crippen molar-refractivity contribution in [2.75, 3.05) is 27.4 Å². The maximum atomic E-state index is 14.9. The highest BCUT2D eigenvalue weighted by Crippen LogP contribution is 2.39. The van der Waals surface area contributed by atoms with E-state index in [0.29, 0.717) is 16.9 Å². The minimum absolute atomic E-state index is 0.00310. The van der Waals surface area contributed by atoms with Crippen LogP contribution in [0.15, 0.2) is 216 Å². The van der Waals surface area contributed by atoms with Crippen LogP contribution in [-0.2, 0) is 106 Å². The minimum atomic E-state index is -1.85. The van der Waals surface area contributed by atoms with Gasteiger partial charge in [0.05, 0.1) is 72.6 Å². The molecule has 15 atom stereocenters. The van der Waals surface area contributed by atoms with E-state index in [0.717, 1.165) is 29.4 Å². The molecule has 23 nitrogen and oxygen atoms in total. The maximum absolute atomic E-state index is 14.9. The summed E-state index contributed by atoms with van der Waals surface area (Å²) >= 11 is 0. The average Bonchev–Trinajstić information content (AvgIpc) is 0.807. The van der Waals surface area contributed by atoms with E-state index in [1.807, 2.05) is 164 Å². The monoisotopic (exact) mass is 1260 g/mol. The van der Waals surface area contributed by atoms with Crippen LogP contribution in [0.5, 0.6) is 5.75 Å². The molecule has 3 saturated heterocycles. The van der Waals surface area contributed by atoms with Gasteiger partial charge in [0, 0.05) is 9.82 Å². The number of carbonyl (C=O) groups is 2. The first kappa shape index (κ1) is 66.3. The number of methoxy groups -OCH3 is 2. The number of aliphatic hydroxyl groups is 1. The summed E-state index contributed by atoms with van der Waals surface area (Å²) in [6, 6.07) is 59.0. The maximum Gasteiger partial charge on any atom is 0.338 e. The Balaban J connectivity index is 1.07. The summed E-state index contributed by atoms with van der Waals surface area (Å²) in [6.45, 7) is -0.349. The van der Waals surface area contributed by atoms with E-state index >= 15 is 0 Å². The second-order valence-corrected chi connectivity index (χ2v) is 21.8. The van der Waals surface area contributed by atoms with Crippen LogP contribution in [0.2, 0.25) is 0 Å². The summed E-state index contributed by atoms with van der Waals surface area (Å²) in [5.41, 5.74) is 25.3. The summed E-state index contributed by atoms with van der Waals surface area (Å²) in [6.07, 6.45) is -19.4. The topological polar surface area (TPSA) is 281 Å². The van der Waals surface area contributed by atoms with Gasteiger partial charge in [-0.2, -0.15) is 0 Å². The number of esters is 2. The zero-order chi connectivity index (χ0) is 63.9. The first-order chi connectivity index (χ1) is 45.2. The van der Waals surface area contributed by atoms with Gasteiger partial charge < -0.3 is 71.4 Å². The second-order valence-electron chi connectivity index (χ2n) is 21.8. The molecule has 0 aromatic heterocycles. The van der Waals surface area contributed by atoms with Crippen LogP contribution in [-0.4, -0.2) is 136 Å². The molecule has 0 saturated carbocycles. The van der Waals surface area contributed by atoms with Gasteiger partial charge in [-0.05, 0) is 68.7 Å². The zero-order valence-electron chi connectivity index (χ0n) is 50.6. The Hall–Kier alpha value is -8.58. The molecule has 0 bridgehead atoms. The Morgan fingerprint density at radius 2 is 0.859 bits per heavy atom. The minimum Gasteiger partial charge on any atom is -0.497 e. The van der Waals surface area contributed by atoms with Crippen molar-refractivity contribution in [2.24, 2.45) is 10.2 Å². The predicted molar refractivity (Wildman–Crippen MR) is 330 cm³/mol. The third kappa shape index (κ3) is 17.9. The molecule has 480 valence electrons. The van der Waals surface area contributed by atoms with Crippen LogP contribution in [0.25, 0.3) is 20.9 Å². The lowest BCUT2D eigenvalue weighted by Crippen LogP contribution is -2.68. The normalized spacial score (nSPS) is 26.1. The van der Waals surface area contributed by atoms with Gasteiger partial charge in [0.2, 0.25) is 0 Å². The van der Waals surface area contributed by atoms with E-state index in [2.05, 4.69) is 20.1 Å². The Morgan fingerprint density at radius 1 is 0.446 bits per heavy atom. The second kappa shape index (κ2) is 34.2. The summed E-state index contributed by atoms with van der Waals surface area (Å²) < 4.78 is 91.7. The van der Waals surface area contributed by atoms with Gasteiger partial charge >= 0.3 is 11.9 Å². The zero-order valence-corrected chi connectivity index (χ0v) is 50.6. The summed E-state index contributed by atoms with van der Waals surface area (Å²) in [5, 5.41) is 20.0. The van der Waals surface area contributed by atoms with Crippen LogP contribution in [0.1, 0.15) is 43.7 Å². The van der Waals surface area contributed by atoms with Crippen molar-refractivity contribution < 1.29 is 81.0 Å². The van der Waals surface area contributed by atoms with Crippen molar-refractivity contribution >= 4 is 11.9 Å². The van der Waals surface area contributed by atoms with Crippen LogP contribution < -0.4 is 4.74 Å². The number of hydrogen-bond donors (Lipinski definition) is 1. The number of rotatable bonds is 30. The molecule has 3 fully saturated rings. The summed E-state index contributed by atoms with van der Waals surface area (Å²) in [5.74, 6) is -1.25. The smallest absolute Gasteiger partial charge is 0.338 e. The van der Waals surface area contributed by atoms with Crippen LogP contribution in [0.3, 0.4) is 0 Å². The molecule has 7 aromatic rings. The van der Waals surface area contributed by atoms with E-state index in [9.17, 15) is 25.8 Å². The number of azide groups is 2. The van der Waals surface area contributed by atoms with E-state index in [-0.39, 0.29) is 58.4 Å². The molecule has 0 spiro atoms. The number of carbonyl (C=O) groups excluding carboxylic acids is 2. The van der Waals surface area contributed by atoms with Crippen molar-refractivity contribution in [2.45, 2.75) is 132 Å². The van der Waals surface area contributed by atoms with Gasteiger partial charge in [-0.3, -0.25) is 0 Å². The van der Waals surface area contributed by atoms with Crippen molar-refractivity contribution in [1.82, 2.24) is 0 Å². The third-order valence-corrected chi connectivity index (χ3v) is 15.6. The van der Waals surface area contributed by atoms with Crippen molar-refractivity contribution in [3.8, 4) is 5.75 Å². The quantitative estimate of drug-likeness (QED) is 0.0189. The molecular weight excluding hydrogens is 1180 g/mol. The number of ether oxygens (including phenoxy) is 14. The molecule has 0 aliphatic carbocycles. The summed E-state index contributed by atoms with van der Waals surface area (Å²) in [7, 11) is 2.72. The SMILES string of the molecule is COC(=O)C1O[C@@H](O[C@H]2C(COCc3ccccc3)O[C@@H](O)C(N=[N+]=[N-])[C@H]2OCc2ccccc2)C(OC(=O)c2ccccc2)[C@@H](OCc2ccccc2)[C@H]1O[C@@H]1OC(COCc2ccccc2)[C@H](OCc2ccc(OC)cc2)[C@H](OCc2ccccc2)C1N=[N+]=[N-]. The molecule has 3 aliphatic heterocycles. The molecule has 0 amide bonds. The molecule has 10 rings (SSSR count). The van der Waals surface area contributed by atoms with Gasteiger partial charge in [-0.1, -0.05) is 192 Å². The highest BCUT2D eigenvalue weighted by Gasteiger charge is 2.59. The van der Waals surface area contributed by atoms with Crippen LogP contribution >= 0.6 is 0 Å². The van der Waals surface area contributed by atoms with Gasteiger partial charge in [-0.25, -0.2) is 9.59 Å². The molecule has 6 unspecified atom stereocenters. The molecule has 1 N–H and O–H groups in total. The fraction of sp³-hybridized carbons (Fsp3) is 0.362. The van der Waals surface area contributed by atoms with Crippen molar-refractivity contribution in [3.05, 3.63) is 266 Å². The van der Waals surface area contributed by atoms with E-state index in [1.54, 1.807) is 49.6 Å². The first-order valence-electron chi connectivity index (χ1n) is 30.0. The number of hydrogen-bond acceptors (Lipinski definition) is 19. The van der Waals surface area contributed by atoms with Crippen LogP contribution in [0, 0.1) is 0 Å². The number of aliphatic hydroxyl groups excluding tert-OH is 1. The fourth-order valence-electron chi connectivity index (χ4n) is 11.0. The Labute approximate surface area is 532 Å². The third-order valence-electron chi connectivity index (χ3n) is 15.6. The van der Waals surface area contributed by atoms with Gasteiger partial charge in [0.1, 0.15) is 66.7 Å². The first-order valence-corrected chi connectivity index (χ1v) is 30.0.